The van der Waals surface area contributed by atoms with Gasteiger partial charge in [-0.25, -0.2) is 4.79 Å². The summed E-state index contributed by atoms with van der Waals surface area (Å²) >= 11 is 0. The van der Waals surface area contributed by atoms with E-state index in [-0.39, 0.29) is 5.91 Å². The number of amides is 2. The van der Waals surface area contributed by atoms with Crippen LogP contribution in [0, 0.1) is 0 Å². The molecule has 1 aromatic carbocycles. The number of hydrogen-bond donors (Lipinski definition) is 0. The van der Waals surface area contributed by atoms with E-state index >= 15 is 0 Å². The number of nitrogens with zero attached hydrogens (tertiary/aromatic N) is 3. The van der Waals surface area contributed by atoms with Crippen LogP contribution in [0.15, 0.2) is 24.3 Å². The number of carbonyl (C=O) groups is 2. The summed E-state index contributed by atoms with van der Waals surface area (Å²) in [6.07, 6.45) is 4.96. The van der Waals surface area contributed by atoms with Crippen LogP contribution in [0.4, 0.5) is 10.5 Å². The normalized spacial score (nSPS) is 19.9. The molecule has 1 aromatic rings. The van der Waals surface area contributed by atoms with Crippen molar-refractivity contribution in [2.75, 3.05) is 31.6 Å². The molecule has 0 N–H and O–H groups in total. The first-order valence-corrected chi connectivity index (χ1v) is 10.8. The highest BCUT2D eigenvalue weighted by Crippen LogP contribution is 2.24. The van der Waals surface area contributed by atoms with Gasteiger partial charge in [-0.3, -0.25) is 9.69 Å². The molecule has 2 aliphatic rings. The Hall–Kier alpha value is -2.24. The van der Waals surface area contributed by atoms with Gasteiger partial charge in [0.25, 0.3) is 0 Å². The highest BCUT2D eigenvalue weighted by Gasteiger charge is 2.37. The lowest BCUT2D eigenvalue weighted by Crippen LogP contribution is -2.47. The minimum Gasteiger partial charge on any atom is -0.444 e. The molecule has 2 fully saturated rings. The second-order valence-electron chi connectivity index (χ2n) is 9.24. The molecule has 2 heterocycles. The number of carbonyl (C=O) groups excluding carboxylic acids is 2. The van der Waals surface area contributed by atoms with Gasteiger partial charge in [0, 0.05) is 38.9 Å². The van der Waals surface area contributed by atoms with Gasteiger partial charge in [0.05, 0.1) is 0 Å². The Morgan fingerprint density at radius 1 is 1.03 bits per heavy atom. The topological polar surface area (TPSA) is 53.1 Å². The first-order valence-electron chi connectivity index (χ1n) is 10.8. The second kappa shape index (κ2) is 9.06. The first kappa shape index (κ1) is 21.5. The van der Waals surface area contributed by atoms with Crippen molar-refractivity contribution in [3.05, 3.63) is 29.8 Å². The number of likely N-dealkylation sites (N-methyl/N-ethyl adjacent to an activating group) is 1. The predicted molar refractivity (Wildman–Crippen MR) is 115 cm³/mol. The summed E-state index contributed by atoms with van der Waals surface area (Å²) < 4.78 is 5.48. The summed E-state index contributed by atoms with van der Waals surface area (Å²) in [5.74, 6) is -0.0199. The Morgan fingerprint density at radius 3 is 2.31 bits per heavy atom. The molecule has 1 unspecified atom stereocenters. The number of ether oxygens (including phenoxy) is 1. The smallest absolute Gasteiger partial charge is 0.410 e. The SMILES string of the molecule is CN(Cc1ccc(N2CCCCC2)cc1)C(=O)C1CCCN1C(=O)OC(C)(C)C. The molecule has 2 aliphatic heterocycles. The average Bonchev–Trinajstić information content (AvgIpc) is 3.17. The van der Waals surface area contributed by atoms with Crippen molar-refractivity contribution < 1.29 is 14.3 Å². The van der Waals surface area contributed by atoms with Gasteiger partial charge in [0.2, 0.25) is 5.91 Å². The lowest BCUT2D eigenvalue weighted by atomic mass is 10.1. The minimum atomic E-state index is -0.560. The van der Waals surface area contributed by atoms with Gasteiger partial charge in [0.15, 0.2) is 0 Å². The summed E-state index contributed by atoms with van der Waals surface area (Å²) in [7, 11) is 1.81. The van der Waals surface area contributed by atoms with E-state index in [1.54, 1.807) is 9.80 Å². The van der Waals surface area contributed by atoms with E-state index in [9.17, 15) is 9.59 Å². The van der Waals surface area contributed by atoms with E-state index in [1.807, 2.05) is 27.8 Å². The lowest BCUT2D eigenvalue weighted by molar-refractivity contribution is -0.135. The molecule has 0 spiro atoms. The molecular formula is C23H35N3O3. The van der Waals surface area contributed by atoms with Gasteiger partial charge in [-0.1, -0.05) is 12.1 Å². The van der Waals surface area contributed by atoms with Gasteiger partial charge in [-0.2, -0.15) is 0 Å². The third-order valence-electron chi connectivity index (χ3n) is 5.62. The summed E-state index contributed by atoms with van der Waals surface area (Å²) in [4.78, 5) is 31.2. The van der Waals surface area contributed by atoms with E-state index in [0.717, 1.165) is 25.1 Å². The van der Waals surface area contributed by atoms with Crippen molar-refractivity contribution in [1.29, 1.82) is 0 Å². The Balaban J connectivity index is 1.58. The molecule has 0 radical (unpaired) electrons. The minimum absolute atomic E-state index is 0.0199. The Morgan fingerprint density at radius 2 is 1.69 bits per heavy atom. The van der Waals surface area contributed by atoms with Crippen molar-refractivity contribution >= 4 is 17.7 Å². The molecule has 2 saturated heterocycles. The van der Waals surface area contributed by atoms with Gasteiger partial charge in [0.1, 0.15) is 11.6 Å². The monoisotopic (exact) mass is 401 g/mol. The van der Waals surface area contributed by atoms with E-state index < -0.39 is 17.7 Å². The van der Waals surface area contributed by atoms with E-state index in [4.69, 9.17) is 4.74 Å². The highest BCUT2D eigenvalue weighted by atomic mass is 16.6. The van der Waals surface area contributed by atoms with Crippen LogP contribution >= 0.6 is 0 Å². The zero-order valence-corrected chi connectivity index (χ0v) is 18.3. The molecule has 0 bridgehead atoms. The van der Waals surface area contributed by atoms with Gasteiger partial charge >= 0.3 is 6.09 Å². The second-order valence-corrected chi connectivity index (χ2v) is 9.24. The molecule has 0 aliphatic carbocycles. The van der Waals surface area contributed by atoms with E-state index in [2.05, 4.69) is 29.2 Å². The molecule has 6 heteroatoms. The van der Waals surface area contributed by atoms with Crippen molar-refractivity contribution in [3.63, 3.8) is 0 Å². The number of hydrogen-bond acceptors (Lipinski definition) is 4. The van der Waals surface area contributed by atoms with E-state index in [1.165, 1.54) is 24.9 Å². The lowest BCUT2D eigenvalue weighted by Gasteiger charge is -2.30. The maximum atomic E-state index is 13.0. The van der Waals surface area contributed by atoms with Crippen LogP contribution in [0.25, 0.3) is 0 Å². The predicted octanol–water partition coefficient (Wildman–Crippen LogP) is 4.03. The van der Waals surface area contributed by atoms with Crippen LogP contribution in [0.5, 0.6) is 0 Å². The molecule has 0 aromatic heterocycles. The molecule has 160 valence electrons. The van der Waals surface area contributed by atoms with Crippen LogP contribution < -0.4 is 4.90 Å². The van der Waals surface area contributed by atoms with Crippen molar-refractivity contribution in [2.45, 2.75) is 71.1 Å². The molecule has 0 saturated carbocycles. The van der Waals surface area contributed by atoms with Gasteiger partial charge in [-0.15, -0.1) is 0 Å². The number of rotatable bonds is 4. The molecule has 3 rings (SSSR count). The van der Waals surface area contributed by atoms with Gasteiger partial charge in [-0.05, 0) is 70.6 Å². The molecule has 2 amide bonds. The van der Waals surface area contributed by atoms with E-state index in [0.29, 0.717) is 19.5 Å². The van der Waals surface area contributed by atoms with Crippen LogP contribution in [0.2, 0.25) is 0 Å². The fourth-order valence-electron chi connectivity index (χ4n) is 4.13. The summed E-state index contributed by atoms with van der Waals surface area (Å²) in [5.41, 5.74) is 1.80. The highest BCUT2D eigenvalue weighted by molar-refractivity contribution is 5.86. The molecule has 6 nitrogen and oxygen atoms in total. The number of benzene rings is 1. The van der Waals surface area contributed by atoms with Crippen LogP contribution in [0.1, 0.15) is 58.4 Å². The summed E-state index contributed by atoms with van der Waals surface area (Å²) in [6.45, 7) is 8.90. The maximum absolute atomic E-state index is 13.0. The Kier molecular flexibility index (Phi) is 6.70. The number of anilines is 1. The third-order valence-corrected chi connectivity index (χ3v) is 5.62. The van der Waals surface area contributed by atoms with Gasteiger partial charge < -0.3 is 14.5 Å². The quantitative estimate of drug-likeness (QED) is 0.764. The summed E-state index contributed by atoms with van der Waals surface area (Å²) in [6, 6.07) is 8.09. The van der Waals surface area contributed by atoms with Crippen molar-refractivity contribution in [1.82, 2.24) is 9.80 Å². The maximum Gasteiger partial charge on any atom is 0.410 e. The standard InChI is InChI=1S/C23H35N3O3/c1-23(2,3)29-22(28)26-16-8-9-20(26)21(27)24(4)17-18-10-12-19(13-11-18)25-14-6-5-7-15-25/h10-13,20H,5-9,14-17H2,1-4H3. The summed E-state index contributed by atoms with van der Waals surface area (Å²) in [5, 5.41) is 0. The third kappa shape index (κ3) is 5.64. The number of likely N-dealkylation sites (tertiary alicyclic amines) is 1. The van der Waals surface area contributed by atoms with Crippen molar-refractivity contribution in [2.24, 2.45) is 0 Å². The average molecular weight is 402 g/mol. The Labute approximate surface area is 174 Å². The largest absolute Gasteiger partial charge is 0.444 e. The van der Waals surface area contributed by atoms with Crippen LogP contribution in [0.3, 0.4) is 0 Å². The zero-order chi connectivity index (χ0) is 21.0. The van der Waals surface area contributed by atoms with Crippen LogP contribution in [-0.4, -0.2) is 60.1 Å². The first-order chi connectivity index (χ1) is 13.7. The number of piperidine rings is 1. The molecule has 1 atom stereocenters. The molecule has 29 heavy (non-hydrogen) atoms. The van der Waals surface area contributed by atoms with Crippen molar-refractivity contribution in [3.8, 4) is 0 Å². The fraction of sp³-hybridized carbons (Fsp3) is 0.652. The Bertz CT molecular complexity index is 705. The van der Waals surface area contributed by atoms with Crippen LogP contribution in [-0.2, 0) is 16.1 Å². The zero-order valence-electron chi connectivity index (χ0n) is 18.3. The molecular weight excluding hydrogens is 366 g/mol. The fourth-order valence-corrected chi connectivity index (χ4v) is 4.13.